The van der Waals surface area contributed by atoms with E-state index in [4.69, 9.17) is 10.5 Å². The predicted octanol–water partition coefficient (Wildman–Crippen LogP) is 2.41. The largest absolute Gasteiger partial charge is 0.465 e. The number of likely N-dealkylation sites (tertiary alicyclic amines) is 1. The number of nitrogens with two attached hydrogens (primary N) is 1. The monoisotopic (exact) mass is 386 g/mol. The van der Waals surface area contributed by atoms with Crippen molar-refractivity contribution < 1.29 is 23.1 Å². The molecule has 3 fully saturated rings. The van der Waals surface area contributed by atoms with E-state index in [2.05, 4.69) is 0 Å². The Balaban J connectivity index is 1.76. The third kappa shape index (κ3) is 4.34. The Hall–Kier alpha value is -1.08. The molecule has 0 spiro atoms. The number of carbonyl (C=O) groups excluding carboxylic acids is 2. The Labute approximate surface area is 160 Å². The van der Waals surface area contributed by atoms with Crippen molar-refractivity contribution in [2.24, 2.45) is 23.5 Å². The van der Waals surface area contributed by atoms with Gasteiger partial charge in [-0.05, 0) is 32.2 Å². The Morgan fingerprint density at radius 1 is 1.26 bits per heavy atom. The maximum atomic E-state index is 14.2. The average Bonchev–Trinajstić information content (AvgIpc) is 2.66. The van der Waals surface area contributed by atoms with Gasteiger partial charge in [0.2, 0.25) is 0 Å². The summed E-state index contributed by atoms with van der Waals surface area (Å²) < 4.78 is 33.5. The lowest BCUT2D eigenvalue weighted by molar-refractivity contribution is -0.161. The second-order valence-corrected chi connectivity index (χ2v) is 8.36. The van der Waals surface area contributed by atoms with Crippen LogP contribution in [0.25, 0.3) is 0 Å². The predicted molar refractivity (Wildman–Crippen MR) is 97.6 cm³/mol. The maximum absolute atomic E-state index is 14.2. The number of hydrogen-bond acceptors (Lipinski definition) is 5. The van der Waals surface area contributed by atoms with Crippen molar-refractivity contribution in [2.45, 2.75) is 76.3 Å². The van der Waals surface area contributed by atoms with E-state index in [1.807, 2.05) is 4.90 Å². The number of esters is 1. The van der Waals surface area contributed by atoms with Crippen molar-refractivity contribution >= 4 is 11.8 Å². The van der Waals surface area contributed by atoms with Crippen LogP contribution in [-0.4, -0.2) is 60.8 Å². The van der Waals surface area contributed by atoms with Gasteiger partial charge in [-0.15, -0.1) is 0 Å². The number of alkyl halides is 2. The second kappa shape index (κ2) is 8.95. The maximum Gasteiger partial charge on any atom is 0.317 e. The highest BCUT2D eigenvalue weighted by Crippen LogP contribution is 2.38. The van der Waals surface area contributed by atoms with E-state index in [1.54, 1.807) is 6.92 Å². The van der Waals surface area contributed by atoms with Gasteiger partial charge in [0.1, 0.15) is 18.3 Å². The van der Waals surface area contributed by atoms with Crippen LogP contribution in [0.4, 0.5) is 8.78 Å². The van der Waals surface area contributed by atoms with E-state index < -0.39 is 42.2 Å². The number of ether oxygens (including phenoxy) is 1. The molecule has 0 amide bonds. The van der Waals surface area contributed by atoms with Crippen LogP contribution < -0.4 is 5.73 Å². The smallest absolute Gasteiger partial charge is 0.317 e. The minimum Gasteiger partial charge on any atom is -0.465 e. The molecule has 6 atom stereocenters. The Bertz CT molecular complexity index is 541. The van der Waals surface area contributed by atoms with Crippen molar-refractivity contribution in [3.05, 3.63) is 0 Å². The zero-order valence-corrected chi connectivity index (χ0v) is 16.1. The molecule has 154 valence electrons. The number of Topliss-reactive ketones (excluding diaryl/α,β-unsaturated/α-hetero) is 1. The molecule has 3 aliphatic rings. The number of piperidine rings is 1. The SMILES string of the molecule is CCOC(=O)C1CN(CCC2CCCCC2)C2CC(F)C(F)C(N)C2C1=O. The van der Waals surface area contributed by atoms with Crippen molar-refractivity contribution in [3.63, 3.8) is 0 Å². The first kappa shape index (κ1) is 20.6. The molecule has 0 aromatic rings. The zero-order chi connectivity index (χ0) is 19.6. The Morgan fingerprint density at radius 2 is 1.96 bits per heavy atom. The number of ketones is 1. The fourth-order valence-electron chi connectivity index (χ4n) is 5.17. The molecule has 0 aromatic heterocycles. The van der Waals surface area contributed by atoms with Gasteiger partial charge in [-0.2, -0.15) is 0 Å². The molecule has 2 N–H and O–H groups in total. The van der Waals surface area contributed by atoms with Crippen molar-refractivity contribution in [2.75, 3.05) is 19.7 Å². The second-order valence-electron chi connectivity index (χ2n) is 8.36. The highest BCUT2D eigenvalue weighted by atomic mass is 19.2. The van der Waals surface area contributed by atoms with E-state index in [1.165, 1.54) is 32.1 Å². The molecule has 3 rings (SSSR count). The van der Waals surface area contributed by atoms with Crippen molar-refractivity contribution in [3.8, 4) is 0 Å². The number of carbonyl (C=O) groups is 2. The molecule has 0 radical (unpaired) electrons. The van der Waals surface area contributed by atoms with Gasteiger partial charge in [-0.1, -0.05) is 32.1 Å². The highest BCUT2D eigenvalue weighted by Gasteiger charge is 2.54. The molecule has 2 aliphatic carbocycles. The highest BCUT2D eigenvalue weighted by molar-refractivity contribution is 6.01. The van der Waals surface area contributed by atoms with E-state index in [9.17, 15) is 18.4 Å². The normalized spacial score (nSPS) is 38.4. The minimum absolute atomic E-state index is 0.0362. The van der Waals surface area contributed by atoms with Crippen LogP contribution in [-0.2, 0) is 14.3 Å². The first-order valence-corrected chi connectivity index (χ1v) is 10.4. The minimum atomic E-state index is -1.86. The van der Waals surface area contributed by atoms with Gasteiger partial charge in [-0.25, -0.2) is 8.78 Å². The van der Waals surface area contributed by atoms with Crippen LogP contribution in [0.5, 0.6) is 0 Å². The molecule has 0 bridgehead atoms. The fourth-order valence-corrected chi connectivity index (χ4v) is 5.17. The third-order valence-electron chi connectivity index (χ3n) is 6.69. The number of rotatable bonds is 5. The first-order chi connectivity index (χ1) is 12.9. The molecule has 5 nitrogen and oxygen atoms in total. The summed E-state index contributed by atoms with van der Waals surface area (Å²) in [5.74, 6) is -2.13. The van der Waals surface area contributed by atoms with Crippen LogP contribution in [0.15, 0.2) is 0 Å². The van der Waals surface area contributed by atoms with Gasteiger partial charge < -0.3 is 10.5 Å². The third-order valence-corrected chi connectivity index (χ3v) is 6.69. The Morgan fingerprint density at radius 3 is 2.63 bits per heavy atom. The number of halogens is 2. The lowest BCUT2D eigenvalue weighted by Gasteiger charge is -2.49. The van der Waals surface area contributed by atoms with E-state index in [0.29, 0.717) is 12.5 Å². The lowest BCUT2D eigenvalue weighted by atomic mass is 9.70. The summed E-state index contributed by atoms with van der Waals surface area (Å²) in [7, 11) is 0. The van der Waals surface area contributed by atoms with Crippen LogP contribution in [0.1, 0.15) is 51.9 Å². The summed E-state index contributed by atoms with van der Waals surface area (Å²) in [6, 6.07) is -1.63. The standard InChI is InChI=1S/C20H32F2N2O3/c1-2-27-20(26)13-11-24(9-8-12-6-4-3-5-7-12)15-10-14(21)17(22)18(23)16(15)19(13)25/h12-18H,2-11,23H2,1H3. The number of nitrogens with zero attached hydrogens (tertiary/aromatic N) is 1. The molecular weight excluding hydrogens is 354 g/mol. The van der Waals surface area contributed by atoms with Gasteiger partial charge >= 0.3 is 5.97 Å². The van der Waals surface area contributed by atoms with Gasteiger partial charge in [0.15, 0.2) is 5.78 Å². The van der Waals surface area contributed by atoms with Gasteiger partial charge in [0.05, 0.1) is 12.5 Å². The molecule has 0 aromatic carbocycles. The molecule has 7 heteroatoms. The van der Waals surface area contributed by atoms with Crippen LogP contribution in [0, 0.1) is 17.8 Å². The van der Waals surface area contributed by atoms with Crippen LogP contribution in [0.3, 0.4) is 0 Å². The lowest BCUT2D eigenvalue weighted by Crippen LogP contribution is -2.67. The summed E-state index contributed by atoms with van der Waals surface area (Å²) in [6.45, 7) is 2.78. The summed E-state index contributed by atoms with van der Waals surface area (Å²) >= 11 is 0. The van der Waals surface area contributed by atoms with Gasteiger partial charge in [0, 0.05) is 18.6 Å². The Kier molecular flexibility index (Phi) is 6.84. The summed E-state index contributed by atoms with van der Waals surface area (Å²) in [6.07, 6.45) is 3.54. The zero-order valence-electron chi connectivity index (χ0n) is 16.1. The summed E-state index contributed by atoms with van der Waals surface area (Å²) in [4.78, 5) is 27.2. The average molecular weight is 386 g/mol. The first-order valence-electron chi connectivity index (χ1n) is 10.4. The van der Waals surface area contributed by atoms with E-state index in [0.717, 1.165) is 6.42 Å². The van der Waals surface area contributed by atoms with E-state index in [-0.39, 0.29) is 25.4 Å². The van der Waals surface area contributed by atoms with Crippen LogP contribution >= 0.6 is 0 Å². The quantitative estimate of drug-likeness (QED) is 0.580. The molecule has 1 aliphatic heterocycles. The number of hydrogen-bond donors (Lipinski definition) is 1. The molecule has 6 unspecified atom stereocenters. The van der Waals surface area contributed by atoms with Crippen molar-refractivity contribution in [1.29, 1.82) is 0 Å². The molecule has 2 saturated carbocycles. The van der Waals surface area contributed by atoms with Crippen molar-refractivity contribution in [1.82, 2.24) is 4.90 Å². The topological polar surface area (TPSA) is 72.6 Å². The summed E-state index contributed by atoms with van der Waals surface area (Å²) in [5.41, 5.74) is 5.94. The van der Waals surface area contributed by atoms with Gasteiger partial charge in [-0.3, -0.25) is 14.5 Å². The van der Waals surface area contributed by atoms with E-state index >= 15 is 0 Å². The van der Waals surface area contributed by atoms with Crippen LogP contribution in [0.2, 0.25) is 0 Å². The summed E-state index contributed by atoms with van der Waals surface area (Å²) in [5, 5.41) is 0. The fraction of sp³-hybridized carbons (Fsp3) is 0.900. The van der Waals surface area contributed by atoms with Gasteiger partial charge in [0.25, 0.3) is 0 Å². The molecule has 1 saturated heterocycles. The number of fused-ring (bicyclic) bond motifs is 1. The molecule has 27 heavy (non-hydrogen) atoms. The molecular formula is C20H32F2N2O3. The molecule has 1 heterocycles.